The molecule has 76 valence electrons. The number of ketones is 1. The fourth-order valence-corrected chi connectivity index (χ4v) is 2.02. The third kappa shape index (κ3) is 2.79. The highest BCUT2D eigenvalue weighted by molar-refractivity contribution is 14.1. The maximum atomic E-state index is 12.0. The van der Waals surface area contributed by atoms with Crippen LogP contribution in [0, 0.1) is 8.99 Å². The Bertz CT molecular complexity index is 366. The second-order valence-electron chi connectivity index (χ2n) is 4.20. The van der Waals surface area contributed by atoms with Crippen molar-refractivity contribution in [1.29, 1.82) is 0 Å². The number of carbonyl (C=O) groups is 1. The third-order valence-electron chi connectivity index (χ3n) is 1.85. The molecular formula is C11H12BrIO. The molecule has 0 radical (unpaired) electrons. The molecule has 0 aromatic heterocycles. The summed E-state index contributed by atoms with van der Waals surface area (Å²) in [7, 11) is 0. The Labute approximate surface area is 107 Å². The summed E-state index contributed by atoms with van der Waals surface area (Å²) in [6, 6.07) is 5.78. The van der Waals surface area contributed by atoms with E-state index in [9.17, 15) is 4.79 Å². The van der Waals surface area contributed by atoms with Gasteiger partial charge in [0.1, 0.15) is 0 Å². The van der Waals surface area contributed by atoms with Gasteiger partial charge in [-0.1, -0.05) is 36.7 Å². The Hall–Kier alpha value is 0.1000. The van der Waals surface area contributed by atoms with Crippen molar-refractivity contribution in [2.24, 2.45) is 5.41 Å². The van der Waals surface area contributed by atoms with Gasteiger partial charge in [-0.2, -0.15) is 0 Å². The van der Waals surface area contributed by atoms with E-state index >= 15 is 0 Å². The van der Waals surface area contributed by atoms with Crippen LogP contribution in [-0.2, 0) is 0 Å². The fourth-order valence-electron chi connectivity index (χ4n) is 1.08. The summed E-state index contributed by atoms with van der Waals surface area (Å²) in [5, 5.41) is 0. The smallest absolute Gasteiger partial charge is 0.169 e. The Morgan fingerprint density at radius 2 is 1.93 bits per heavy atom. The third-order valence-corrected chi connectivity index (χ3v) is 3.29. The lowest BCUT2D eigenvalue weighted by Gasteiger charge is -2.17. The molecule has 0 heterocycles. The predicted molar refractivity (Wildman–Crippen MR) is 70.6 cm³/mol. The molecule has 0 unspecified atom stereocenters. The van der Waals surface area contributed by atoms with Crippen LogP contribution in [0.5, 0.6) is 0 Å². The fraction of sp³-hybridized carbons (Fsp3) is 0.364. The van der Waals surface area contributed by atoms with Crippen molar-refractivity contribution in [3.63, 3.8) is 0 Å². The van der Waals surface area contributed by atoms with E-state index in [1.54, 1.807) is 0 Å². The number of carbonyl (C=O) groups excluding carboxylic acids is 1. The van der Waals surface area contributed by atoms with Crippen molar-refractivity contribution in [3.05, 3.63) is 31.8 Å². The van der Waals surface area contributed by atoms with E-state index in [4.69, 9.17) is 0 Å². The van der Waals surface area contributed by atoms with Crippen molar-refractivity contribution >= 4 is 44.3 Å². The first-order chi connectivity index (χ1) is 6.32. The van der Waals surface area contributed by atoms with Crippen LogP contribution in [0.15, 0.2) is 22.7 Å². The van der Waals surface area contributed by atoms with Gasteiger partial charge in [0.15, 0.2) is 5.78 Å². The van der Waals surface area contributed by atoms with Crippen molar-refractivity contribution in [2.45, 2.75) is 20.8 Å². The molecule has 1 aromatic carbocycles. The highest BCUT2D eigenvalue weighted by Gasteiger charge is 2.24. The minimum absolute atomic E-state index is 0.184. The van der Waals surface area contributed by atoms with Crippen LogP contribution < -0.4 is 0 Å². The molecule has 0 aliphatic heterocycles. The predicted octanol–water partition coefficient (Wildman–Crippen LogP) is 4.28. The molecule has 3 heteroatoms. The van der Waals surface area contributed by atoms with Gasteiger partial charge in [0, 0.05) is 19.0 Å². The zero-order valence-electron chi connectivity index (χ0n) is 8.40. The van der Waals surface area contributed by atoms with Crippen LogP contribution in [0.25, 0.3) is 0 Å². The standard InChI is InChI=1S/C11H12BrIO/c1-11(2,3)10(14)8-6-7(12)4-5-9(8)13/h4-6H,1-3H3. The summed E-state index contributed by atoms with van der Waals surface area (Å²) in [5.74, 6) is 0.184. The average molecular weight is 367 g/mol. The summed E-state index contributed by atoms with van der Waals surface area (Å²) in [5.41, 5.74) is 0.480. The molecule has 0 fully saturated rings. The highest BCUT2D eigenvalue weighted by atomic mass is 127. The van der Waals surface area contributed by atoms with E-state index in [0.717, 1.165) is 13.6 Å². The molecule has 0 amide bonds. The molecule has 0 spiro atoms. The van der Waals surface area contributed by atoms with Crippen molar-refractivity contribution in [1.82, 2.24) is 0 Å². The molecule has 0 aliphatic carbocycles. The quantitative estimate of drug-likeness (QED) is 0.535. The summed E-state index contributed by atoms with van der Waals surface area (Å²) >= 11 is 5.57. The zero-order valence-corrected chi connectivity index (χ0v) is 12.1. The first-order valence-electron chi connectivity index (χ1n) is 4.32. The van der Waals surface area contributed by atoms with Gasteiger partial charge in [-0.3, -0.25) is 4.79 Å². The topological polar surface area (TPSA) is 17.1 Å². The van der Waals surface area contributed by atoms with Crippen LogP contribution in [0.2, 0.25) is 0 Å². The lowest BCUT2D eigenvalue weighted by Crippen LogP contribution is -2.21. The van der Waals surface area contributed by atoms with Gasteiger partial charge in [0.2, 0.25) is 0 Å². The number of halogens is 2. The molecule has 0 N–H and O–H groups in total. The second kappa shape index (κ2) is 4.31. The molecular weight excluding hydrogens is 355 g/mol. The molecule has 0 saturated heterocycles. The molecule has 14 heavy (non-hydrogen) atoms. The normalized spacial score (nSPS) is 11.5. The maximum absolute atomic E-state index is 12.0. The second-order valence-corrected chi connectivity index (χ2v) is 6.28. The largest absolute Gasteiger partial charge is 0.294 e. The number of rotatable bonds is 1. The zero-order chi connectivity index (χ0) is 10.9. The van der Waals surface area contributed by atoms with Gasteiger partial charge in [-0.15, -0.1) is 0 Å². The van der Waals surface area contributed by atoms with Crippen molar-refractivity contribution < 1.29 is 4.79 Å². The lowest BCUT2D eigenvalue weighted by molar-refractivity contribution is 0.0857. The van der Waals surface area contributed by atoms with E-state index < -0.39 is 0 Å². The number of Topliss-reactive ketones (excluding diaryl/α,β-unsaturated/α-hetero) is 1. The van der Waals surface area contributed by atoms with Crippen molar-refractivity contribution in [3.8, 4) is 0 Å². The van der Waals surface area contributed by atoms with Gasteiger partial charge < -0.3 is 0 Å². The first kappa shape index (κ1) is 12.2. The molecule has 1 aromatic rings. The van der Waals surface area contributed by atoms with E-state index in [1.807, 2.05) is 39.0 Å². The average Bonchev–Trinajstić information content (AvgIpc) is 2.06. The van der Waals surface area contributed by atoms with Crippen LogP contribution in [0.1, 0.15) is 31.1 Å². The highest BCUT2D eigenvalue weighted by Crippen LogP contribution is 2.26. The lowest BCUT2D eigenvalue weighted by atomic mass is 9.87. The van der Waals surface area contributed by atoms with E-state index in [2.05, 4.69) is 38.5 Å². The van der Waals surface area contributed by atoms with E-state index in [0.29, 0.717) is 0 Å². The Kier molecular flexibility index (Phi) is 3.75. The Balaban J connectivity index is 3.19. The van der Waals surface area contributed by atoms with Gasteiger partial charge in [0.25, 0.3) is 0 Å². The maximum Gasteiger partial charge on any atom is 0.169 e. The van der Waals surface area contributed by atoms with Crippen molar-refractivity contribution in [2.75, 3.05) is 0 Å². The number of benzene rings is 1. The van der Waals surface area contributed by atoms with Gasteiger partial charge in [0.05, 0.1) is 0 Å². The van der Waals surface area contributed by atoms with Crippen LogP contribution in [0.4, 0.5) is 0 Å². The van der Waals surface area contributed by atoms with E-state index in [-0.39, 0.29) is 11.2 Å². The summed E-state index contributed by atoms with van der Waals surface area (Å²) in [6.07, 6.45) is 0. The van der Waals surface area contributed by atoms with Crippen LogP contribution in [0.3, 0.4) is 0 Å². The van der Waals surface area contributed by atoms with Gasteiger partial charge in [-0.05, 0) is 40.8 Å². The SMILES string of the molecule is CC(C)(C)C(=O)c1cc(Br)ccc1I. The summed E-state index contributed by atoms with van der Waals surface area (Å²) < 4.78 is 1.95. The van der Waals surface area contributed by atoms with Gasteiger partial charge >= 0.3 is 0 Å². The Morgan fingerprint density at radius 3 is 2.43 bits per heavy atom. The molecule has 1 rings (SSSR count). The van der Waals surface area contributed by atoms with E-state index in [1.165, 1.54) is 0 Å². The summed E-state index contributed by atoms with van der Waals surface area (Å²) in [6.45, 7) is 5.81. The molecule has 0 bridgehead atoms. The Morgan fingerprint density at radius 1 is 1.36 bits per heavy atom. The number of hydrogen-bond donors (Lipinski definition) is 0. The monoisotopic (exact) mass is 366 g/mol. The van der Waals surface area contributed by atoms with Crippen LogP contribution >= 0.6 is 38.5 Å². The molecule has 0 atom stereocenters. The molecule has 0 aliphatic rings. The number of hydrogen-bond acceptors (Lipinski definition) is 1. The minimum Gasteiger partial charge on any atom is -0.294 e. The first-order valence-corrected chi connectivity index (χ1v) is 6.19. The van der Waals surface area contributed by atoms with Gasteiger partial charge in [-0.25, -0.2) is 0 Å². The minimum atomic E-state index is -0.319. The summed E-state index contributed by atoms with van der Waals surface area (Å²) in [4.78, 5) is 12.0. The molecule has 0 saturated carbocycles. The van der Waals surface area contributed by atoms with Crippen LogP contribution in [-0.4, -0.2) is 5.78 Å². The molecule has 1 nitrogen and oxygen atoms in total.